The Hall–Kier alpha value is -2.66. The van der Waals surface area contributed by atoms with Gasteiger partial charge >= 0.3 is 11.9 Å². The summed E-state index contributed by atoms with van der Waals surface area (Å²) in [7, 11) is 0. The summed E-state index contributed by atoms with van der Waals surface area (Å²) in [6, 6.07) is 16.2. The zero-order chi connectivity index (χ0) is 18.7. The molecule has 1 aliphatic carbocycles. The molecule has 3 rings (SSSR count). The van der Waals surface area contributed by atoms with E-state index in [4.69, 9.17) is 14.6 Å². The number of aliphatic hydroxyl groups is 1. The minimum Gasteiger partial charge on any atom is -0.465 e. The van der Waals surface area contributed by atoms with Gasteiger partial charge in [0, 0.05) is 5.92 Å². The minimum absolute atomic E-state index is 0.00513. The maximum absolute atomic E-state index is 12.2. The number of aliphatic hydroxyl groups excluding tert-OH is 1. The lowest BCUT2D eigenvalue weighted by atomic mass is 9.98. The Balaban J connectivity index is 1.68. The molecule has 0 aromatic heterocycles. The van der Waals surface area contributed by atoms with Gasteiger partial charge in [-0.25, -0.2) is 4.79 Å². The van der Waals surface area contributed by atoms with E-state index in [-0.39, 0.29) is 18.9 Å². The molecule has 0 aliphatic heterocycles. The molecule has 0 heterocycles. The van der Waals surface area contributed by atoms with E-state index in [0.29, 0.717) is 0 Å². The Labute approximate surface area is 152 Å². The number of hydrogen-bond donors (Lipinski definition) is 1. The molecule has 0 amide bonds. The lowest BCUT2D eigenvalue weighted by Crippen LogP contribution is -2.33. The molecule has 136 valence electrons. The van der Waals surface area contributed by atoms with E-state index in [1.54, 1.807) is 13.8 Å². The first-order chi connectivity index (χ1) is 12.4. The molecule has 5 heteroatoms. The summed E-state index contributed by atoms with van der Waals surface area (Å²) in [5, 5.41) is 8.77. The Morgan fingerprint density at radius 3 is 2.04 bits per heavy atom. The zero-order valence-corrected chi connectivity index (χ0v) is 14.9. The van der Waals surface area contributed by atoms with Crippen molar-refractivity contribution in [3.8, 4) is 11.1 Å². The first kappa shape index (κ1) is 18.1. The van der Waals surface area contributed by atoms with Crippen LogP contribution in [0.4, 0.5) is 0 Å². The first-order valence-corrected chi connectivity index (χ1v) is 8.58. The van der Waals surface area contributed by atoms with Gasteiger partial charge in [-0.05, 0) is 36.1 Å². The second-order valence-electron chi connectivity index (χ2n) is 6.98. The van der Waals surface area contributed by atoms with Crippen molar-refractivity contribution in [2.24, 2.45) is 0 Å². The molecule has 0 saturated heterocycles. The summed E-state index contributed by atoms with van der Waals surface area (Å²) < 4.78 is 10.6. The quantitative estimate of drug-likeness (QED) is 0.807. The van der Waals surface area contributed by atoms with Gasteiger partial charge in [0.1, 0.15) is 18.8 Å². The topological polar surface area (TPSA) is 72.8 Å². The number of carbonyl (C=O) groups is 2. The molecule has 0 fully saturated rings. The largest absolute Gasteiger partial charge is 0.465 e. The summed E-state index contributed by atoms with van der Waals surface area (Å²) in [6.45, 7) is 2.75. The van der Waals surface area contributed by atoms with E-state index in [1.165, 1.54) is 11.1 Å². The third kappa shape index (κ3) is 3.78. The van der Waals surface area contributed by atoms with Crippen molar-refractivity contribution in [1.82, 2.24) is 0 Å². The lowest BCUT2D eigenvalue weighted by molar-refractivity contribution is -0.165. The average molecular weight is 354 g/mol. The summed E-state index contributed by atoms with van der Waals surface area (Å²) in [5.41, 5.74) is 3.60. The zero-order valence-electron chi connectivity index (χ0n) is 14.9. The molecule has 26 heavy (non-hydrogen) atoms. The lowest BCUT2D eigenvalue weighted by Gasteiger charge is -2.24. The van der Waals surface area contributed by atoms with Crippen molar-refractivity contribution in [2.45, 2.75) is 31.8 Å². The molecule has 1 N–H and O–H groups in total. The monoisotopic (exact) mass is 354 g/mol. The SMILES string of the molecule is CC(C)(CC(=O)OCC1c2ccccc2-c2ccccc21)OC(=O)CO. The summed E-state index contributed by atoms with van der Waals surface area (Å²) >= 11 is 0. The second kappa shape index (κ2) is 7.30. The van der Waals surface area contributed by atoms with Gasteiger partial charge in [0.25, 0.3) is 0 Å². The normalized spacial score (nSPS) is 13.0. The summed E-state index contributed by atoms with van der Waals surface area (Å²) in [6.07, 6.45) is -0.0746. The van der Waals surface area contributed by atoms with Crippen LogP contribution in [-0.4, -0.2) is 35.9 Å². The summed E-state index contributed by atoms with van der Waals surface area (Å²) in [5.74, 6) is -1.21. The van der Waals surface area contributed by atoms with Gasteiger partial charge in [0.2, 0.25) is 0 Å². The van der Waals surface area contributed by atoms with Crippen LogP contribution in [0.25, 0.3) is 11.1 Å². The van der Waals surface area contributed by atoms with E-state index < -0.39 is 24.1 Å². The van der Waals surface area contributed by atoms with Crippen LogP contribution in [0.15, 0.2) is 48.5 Å². The van der Waals surface area contributed by atoms with Crippen LogP contribution in [0, 0.1) is 0 Å². The molecule has 0 bridgehead atoms. The van der Waals surface area contributed by atoms with Gasteiger partial charge < -0.3 is 14.6 Å². The molecule has 1 aliphatic rings. The highest BCUT2D eigenvalue weighted by Gasteiger charge is 2.31. The number of carbonyl (C=O) groups excluding carboxylic acids is 2. The second-order valence-corrected chi connectivity index (χ2v) is 6.98. The third-order valence-corrected chi connectivity index (χ3v) is 4.46. The third-order valence-electron chi connectivity index (χ3n) is 4.46. The smallest absolute Gasteiger partial charge is 0.332 e. The number of hydrogen-bond acceptors (Lipinski definition) is 5. The number of rotatable bonds is 6. The Bertz CT molecular complexity index is 779. The molecule has 2 aromatic carbocycles. The van der Waals surface area contributed by atoms with Crippen LogP contribution in [0.5, 0.6) is 0 Å². The maximum atomic E-state index is 12.2. The Morgan fingerprint density at radius 1 is 0.962 bits per heavy atom. The van der Waals surface area contributed by atoms with Crippen LogP contribution in [0.2, 0.25) is 0 Å². The number of ether oxygens (including phenoxy) is 2. The summed E-state index contributed by atoms with van der Waals surface area (Å²) in [4.78, 5) is 23.5. The molecule has 2 aromatic rings. The standard InChI is InChI=1S/C21H22O5/c1-21(2,26-20(24)12-22)11-19(23)25-13-18-16-9-5-3-7-14(16)15-8-4-6-10-17(15)18/h3-10,18,22H,11-13H2,1-2H3. The molecular weight excluding hydrogens is 332 g/mol. The van der Waals surface area contributed by atoms with Crippen LogP contribution in [0.3, 0.4) is 0 Å². The van der Waals surface area contributed by atoms with Gasteiger partial charge in [-0.15, -0.1) is 0 Å². The average Bonchev–Trinajstić information content (AvgIpc) is 2.93. The highest BCUT2D eigenvalue weighted by atomic mass is 16.6. The van der Waals surface area contributed by atoms with E-state index in [0.717, 1.165) is 11.1 Å². The fourth-order valence-corrected chi connectivity index (χ4v) is 3.39. The highest BCUT2D eigenvalue weighted by molar-refractivity contribution is 5.79. The number of fused-ring (bicyclic) bond motifs is 3. The van der Waals surface area contributed by atoms with Gasteiger partial charge in [-0.1, -0.05) is 48.5 Å². The Kier molecular flexibility index (Phi) is 5.09. The molecule has 0 unspecified atom stereocenters. The molecule has 0 spiro atoms. The fraction of sp³-hybridized carbons (Fsp3) is 0.333. The van der Waals surface area contributed by atoms with Crippen LogP contribution in [-0.2, 0) is 19.1 Å². The minimum atomic E-state index is -1.03. The Morgan fingerprint density at radius 2 is 1.50 bits per heavy atom. The van der Waals surface area contributed by atoms with Crippen LogP contribution >= 0.6 is 0 Å². The van der Waals surface area contributed by atoms with Crippen molar-refractivity contribution < 1.29 is 24.2 Å². The molecule has 0 saturated carbocycles. The fourth-order valence-electron chi connectivity index (χ4n) is 3.39. The predicted molar refractivity (Wildman–Crippen MR) is 96.6 cm³/mol. The van der Waals surface area contributed by atoms with E-state index >= 15 is 0 Å². The predicted octanol–water partition coefficient (Wildman–Crippen LogP) is 3.05. The number of benzene rings is 2. The highest BCUT2D eigenvalue weighted by Crippen LogP contribution is 2.44. The van der Waals surface area contributed by atoms with Crippen molar-refractivity contribution in [3.63, 3.8) is 0 Å². The number of esters is 2. The van der Waals surface area contributed by atoms with E-state index in [2.05, 4.69) is 24.3 Å². The van der Waals surface area contributed by atoms with Crippen molar-refractivity contribution >= 4 is 11.9 Å². The van der Waals surface area contributed by atoms with Crippen LogP contribution in [0.1, 0.15) is 37.3 Å². The van der Waals surface area contributed by atoms with Crippen molar-refractivity contribution in [3.05, 3.63) is 59.7 Å². The van der Waals surface area contributed by atoms with Gasteiger partial charge in [-0.2, -0.15) is 0 Å². The molecule has 0 atom stereocenters. The van der Waals surface area contributed by atoms with Crippen LogP contribution < -0.4 is 0 Å². The van der Waals surface area contributed by atoms with E-state index in [1.807, 2.05) is 24.3 Å². The van der Waals surface area contributed by atoms with Gasteiger partial charge in [0.15, 0.2) is 0 Å². The van der Waals surface area contributed by atoms with E-state index in [9.17, 15) is 9.59 Å². The molecular formula is C21H22O5. The van der Waals surface area contributed by atoms with Crippen molar-refractivity contribution in [1.29, 1.82) is 0 Å². The van der Waals surface area contributed by atoms with Gasteiger partial charge in [0.05, 0.1) is 6.42 Å². The first-order valence-electron chi connectivity index (χ1n) is 8.58. The van der Waals surface area contributed by atoms with Gasteiger partial charge in [-0.3, -0.25) is 4.79 Å². The molecule has 0 radical (unpaired) electrons. The molecule has 5 nitrogen and oxygen atoms in total. The van der Waals surface area contributed by atoms with Crippen molar-refractivity contribution in [2.75, 3.05) is 13.2 Å². The maximum Gasteiger partial charge on any atom is 0.332 e.